The van der Waals surface area contributed by atoms with Crippen molar-refractivity contribution in [3.8, 4) is 0 Å². The van der Waals surface area contributed by atoms with E-state index in [9.17, 15) is 18.0 Å². The van der Waals surface area contributed by atoms with Gasteiger partial charge in [0.25, 0.3) is 5.91 Å². The Labute approximate surface area is 129 Å². The summed E-state index contributed by atoms with van der Waals surface area (Å²) in [6.07, 6.45) is 1.17. The predicted molar refractivity (Wildman–Crippen MR) is 79.0 cm³/mol. The van der Waals surface area contributed by atoms with Crippen molar-refractivity contribution in [1.29, 1.82) is 0 Å². The molecule has 1 amide bonds. The van der Waals surface area contributed by atoms with E-state index >= 15 is 0 Å². The van der Waals surface area contributed by atoms with Crippen LogP contribution in [0, 0.1) is 5.92 Å². The molecule has 1 aliphatic rings. The van der Waals surface area contributed by atoms with Gasteiger partial charge in [-0.2, -0.15) is 0 Å². The number of carboxylic acid groups (broad SMARTS) is 1. The summed E-state index contributed by atoms with van der Waals surface area (Å²) in [7, 11) is -2.33. The number of likely N-dealkylation sites (tertiary alicyclic amines) is 1. The molecule has 0 spiro atoms. The van der Waals surface area contributed by atoms with Crippen molar-refractivity contribution in [2.24, 2.45) is 5.92 Å². The second-order valence-electron chi connectivity index (χ2n) is 5.16. The molecule has 1 saturated heterocycles. The molecule has 1 fully saturated rings. The van der Waals surface area contributed by atoms with Crippen LogP contribution in [0.2, 0.25) is 0 Å². The zero-order valence-corrected chi connectivity index (χ0v) is 13.0. The Hall–Kier alpha value is -1.93. The van der Waals surface area contributed by atoms with Gasteiger partial charge < -0.3 is 10.0 Å². The van der Waals surface area contributed by atoms with Crippen LogP contribution in [0.5, 0.6) is 0 Å². The number of hydrogen-bond acceptors (Lipinski definition) is 4. The van der Waals surface area contributed by atoms with E-state index < -0.39 is 21.9 Å². The van der Waals surface area contributed by atoms with Crippen LogP contribution < -0.4 is 4.72 Å². The van der Waals surface area contributed by atoms with Crippen molar-refractivity contribution >= 4 is 21.9 Å². The number of nitrogens with one attached hydrogen (secondary N) is 1. The van der Waals surface area contributed by atoms with Gasteiger partial charge in [-0.05, 0) is 38.1 Å². The lowest BCUT2D eigenvalue weighted by atomic mass is 9.97. The van der Waals surface area contributed by atoms with Crippen LogP contribution in [-0.4, -0.2) is 50.4 Å². The SMILES string of the molecule is CNS(=O)(=O)c1cccc(C(=O)N2CCCC(C(=O)O)C2)c1. The summed E-state index contributed by atoms with van der Waals surface area (Å²) in [6, 6.07) is 5.73. The molecule has 1 aromatic carbocycles. The zero-order valence-electron chi connectivity index (χ0n) is 12.2. The number of hydrogen-bond donors (Lipinski definition) is 2. The second-order valence-corrected chi connectivity index (χ2v) is 7.05. The number of piperidine rings is 1. The number of rotatable bonds is 4. The number of amides is 1. The third kappa shape index (κ3) is 3.45. The fraction of sp³-hybridized carbons (Fsp3) is 0.429. The first kappa shape index (κ1) is 16.4. The van der Waals surface area contributed by atoms with Gasteiger partial charge in [-0.25, -0.2) is 13.1 Å². The fourth-order valence-electron chi connectivity index (χ4n) is 2.46. The smallest absolute Gasteiger partial charge is 0.308 e. The summed E-state index contributed by atoms with van der Waals surface area (Å²) >= 11 is 0. The molecule has 0 radical (unpaired) electrons. The van der Waals surface area contributed by atoms with Gasteiger partial charge in [-0.1, -0.05) is 6.07 Å². The first-order valence-corrected chi connectivity index (χ1v) is 8.39. The molecular weight excluding hydrogens is 308 g/mol. The maximum atomic E-state index is 12.5. The number of aliphatic carboxylic acids is 1. The van der Waals surface area contributed by atoms with Crippen molar-refractivity contribution in [3.63, 3.8) is 0 Å². The van der Waals surface area contributed by atoms with Crippen molar-refractivity contribution < 1.29 is 23.1 Å². The molecule has 1 aromatic rings. The lowest BCUT2D eigenvalue weighted by Gasteiger charge is -2.30. The van der Waals surface area contributed by atoms with Crippen molar-refractivity contribution in [1.82, 2.24) is 9.62 Å². The van der Waals surface area contributed by atoms with Gasteiger partial charge in [0.2, 0.25) is 10.0 Å². The van der Waals surface area contributed by atoms with Crippen molar-refractivity contribution in [2.75, 3.05) is 20.1 Å². The van der Waals surface area contributed by atoms with Gasteiger partial charge in [0.15, 0.2) is 0 Å². The molecule has 7 nitrogen and oxygen atoms in total. The normalized spacial score (nSPS) is 19.0. The van der Waals surface area contributed by atoms with E-state index in [-0.39, 0.29) is 22.9 Å². The topological polar surface area (TPSA) is 104 Å². The maximum absolute atomic E-state index is 12.5. The summed E-state index contributed by atoms with van der Waals surface area (Å²) < 4.78 is 25.8. The molecule has 2 rings (SSSR count). The van der Waals surface area contributed by atoms with Gasteiger partial charge in [0.05, 0.1) is 10.8 Å². The molecule has 2 N–H and O–H groups in total. The zero-order chi connectivity index (χ0) is 16.3. The molecule has 120 valence electrons. The number of sulfonamides is 1. The fourth-order valence-corrected chi connectivity index (χ4v) is 3.24. The molecule has 22 heavy (non-hydrogen) atoms. The average Bonchev–Trinajstić information content (AvgIpc) is 2.54. The van der Waals surface area contributed by atoms with Crippen LogP contribution in [-0.2, 0) is 14.8 Å². The Morgan fingerprint density at radius 1 is 1.36 bits per heavy atom. The van der Waals surface area contributed by atoms with Gasteiger partial charge in [0.1, 0.15) is 0 Å². The number of carbonyl (C=O) groups excluding carboxylic acids is 1. The van der Waals surface area contributed by atoms with Crippen LogP contribution in [0.15, 0.2) is 29.2 Å². The molecule has 1 atom stereocenters. The predicted octanol–water partition coefficient (Wildman–Crippen LogP) is 0.531. The van der Waals surface area contributed by atoms with Crippen LogP contribution >= 0.6 is 0 Å². The summed E-state index contributed by atoms with van der Waals surface area (Å²) in [6.45, 7) is 0.628. The standard InChI is InChI=1S/C14H18N2O5S/c1-15-22(20,21)12-6-2-4-10(8-12)13(17)16-7-3-5-11(9-16)14(18)19/h2,4,6,8,11,15H,3,5,7,9H2,1H3,(H,18,19). The molecule has 1 heterocycles. The minimum absolute atomic E-state index is 0.00708. The Balaban J connectivity index is 2.23. The molecule has 1 aliphatic heterocycles. The van der Waals surface area contributed by atoms with Crippen LogP contribution in [0.1, 0.15) is 23.2 Å². The van der Waals surface area contributed by atoms with E-state index in [0.29, 0.717) is 19.4 Å². The van der Waals surface area contributed by atoms with Crippen LogP contribution in [0.4, 0.5) is 0 Å². The number of benzene rings is 1. The summed E-state index contributed by atoms with van der Waals surface area (Å²) in [5.74, 6) is -1.83. The molecule has 0 aromatic heterocycles. The van der Waals surface area contributed by atoms with E-state index in [1.54, 1.807) is 0 Å². The molecular formula is C14H18N2O5S. The molecule has 0 aliphatic carbocycles. The quantitative estimate of drug-likeness (QED) is 0.840. The lowest BCUT2D eigenvalue weighted by Crippen LogP contribution is -2.42. The Morgan fingerprint density at radius 3 is 2.73 bits per heavy atom. The largest absolute Gasteiger partial charge is 0.481 e. The van der Waals surface area contributed by atoms with Gasteiger partial charge in [-0.15, -0.1) is 0 Å². The minimum atomic E-state index is -3.62. The first-order valence-electron chi connectivity index (χ1n) is 6.91. The highest BCUT2D eigenvalue weighted by Gasteiger charge is 2.29. The van der Waals surface area contributed by atoms with Gasteiger partial charge in [0, 0.05) is 18.7 Å². The Bertz CT molecular complexity index is 686. The summed E-state index contributed by atoms with van der Waals surface area (Å²) in [5.41, 5.74) is 0.238. The highest BCUT2D eigenvalue weighted by atomic mass is 32.2. The molecule has 1 unspecified atom stereocenters. The average molecular weight is 326 g/mol. The Morgan fingerprint density at radius 2 is 2.09 bits per heavy atom. The second kappa shape index (κ2) is 6.45. The van der Waals surface area contributed by atoms with Crippen molar-refractivity contribution in [2.45, 2.75) is 17.7 Å². The monoisotopic (exact) mass is 326 g/mol. The van der Waals surface area contributed by atoms with Crippen LogP contribution in [0.25, 0.3) is 0 Å². The van der Waals surface area contributed by atoms with Crippen molar-refractivity contribution in [3.05, 3.63) is 29.8 Å². The number of nitrogens with zero attached hydrogens (tertiary/aromatic N) is 1. The highest BCUT2D eigenvalue weighted by molar-refractivity contribution is 7.89. The van der Waals surface area contributed by atoms with E-state index in [1.165, 1.54) is 36.2 Å². The molecule has 0 bridgehead atoms. The van der Waals surface area contributed by atoms with E-state index in [4.69, 9.17) is 5.11 Å². The lowest BCUT2D eigenvalue weighted by molar-refractivity contribution is -0.143. The van der Waals surface area contributed by atoms with E-state index in [2.05, 4.69) is 4.72 Å². The van der Waals surface area contributed by atoms with E-state index in [1.807, 2.05) is 0 Å². The summed E-state index contributed by atoms with van der Waals surface area (Å²) in [4.78, 5) is 25.0. The first-order chi connectivity index (χ1) is 10.3. The van der Waals surface area contributed by atoms with Gasteiger partial charge >= 0.3 is 5.97 Å². The highest BCUT2D eigenvalue weighted by Crippen LogP contribution is 2.20. The third-order valence-electron chi connectivity index (χ3n) is 3.72. The third-order valence-corrected chi connectivity index (χ3v) is 5.13. The Kier molecular flexibility index (Phi) is 4.82. The van der Waals surface area contributed by atoms with Gasteiger partial charge in [-0.3, -0.25) is 9.59 Å². The number of carbonyl (C=O) groups is 2. The minimum Gasteiger partial charge on any atom is -0.481 e. The van der Waals surface area contributed by atoms with Crippen LogP contribution in [0.3, 0.4) is 0 Å². The maximum Gasteiger partial charge on any atom is 0.308 e. The number of carboxylic acids is 1. The molecule has 0 saturated carbocycles. The van der Waals surface area contributed by atoms with E-state index in [0.717, 1.165) is 0 Å². The molecule has 8 heteroatoms. The summed E-state index contributed by atoms with van der Waals surface area (Å²) in [5, 5.41) is 9.07.